The summed E-state index contributed by atoms with van der Waals surface area (Å²) in [5.74, 6) is 0.0277. The van der Waals surface area contributed by atoms with Crippen LogP contribution < -0.4 is 0 Å². The molecular formula is C13H17Cl2NO3S. The Morgan fingerprint density at radius 3 is 2.35 bits per heavy atom. The average molecular weight is 338 g/mol. The number of hydrogen-bond acceptors (Lipinski definition) is 3. The molecular weight excluding hydrogens is 321 g/mol. The van der Waals surface area contributed by atoms with Crippen LogP contribution in [0.15, 0.2) is 17.0 Å². The Hall–Kier alpha value is -0.780. The second-order valence-electron chi connectivity index (χ2n) is 5.10. The summed E-state index contributed by atoms with van der Waals surface area (Å²) in [5, 5.41) is 0.202. The van der Waals surface area contributed by atoms with Crippen LogP contribution in [-0.4, -0.2) is 32.8 Å². The van der Waals surface area contributed by atoms with Crippen LogP contribution in [0.3, 0.4) is 0 Å². The summed E-state index contributed by atoms with van der Waals surface area (Å²) in [4.78, 5) is 13.7. The van der Waals surface area contributed by atoms with Gasteiger partial charge in [-0.1, -0.05) is 25.4 Å². The molecule has 0 fully saturated rings. The predicted molar refractivity (Wildman–Crippen MR) is 81.0 cm³/mol. The van der Waals surface area contributed by atoms with Crippen LogP contribution in [-0.2, 0) is 9.05 Å². The first-order valence-electron chi connectivity index (χ1n) is 6.04. The molecule has 0 saturated heterocycles. The van der Waals surface area contributed by atoms with Crippen LogP contribution in [0, 0.1) is 12.8 Å². The van der Waals surface area contributed by atoms with E-state index in [-0.39, 0.29) is 21.4 Å². The minimum atomic E-state index is -3.93. The maximum atomic E-state index is 12.4. The molecule has 4 nitrogen and oxygen atoms in total. The van der Waals surface area contributed by atoms with Gasteiger partial charge in [-0.15, -0.1) is 0 Å². The second-order valence-corrected chi connectivity index (χ2v) is 8.07. The largest absolute Gasteiger partial charge is 0.341 e. The molecule has 0 unspecified atom stereocenters. The molecule has 0 radical (unpaired) electrons. The lowest BCUT2D eigenvalue weighted by molar-refractivity contribution is 0.0778. The van der Waals surface area contributed by atoms with E-state index in [0.29, 0.717) is 18.0 Å². The standard InChI is InChI=1S/C13H17Cl2NO3S/c1-8(2)7-16(4)13(17)11-5-10(20(15,18)19)6-12(14)9(11)3/h5-6,8H,7H2,1-4H3. The van der Waals surface area contributed by atoms with E-state index in [2.05, 4.69) is 0 Å². The minimum absolute atomic E-state index is 0.170. The number of amides is 1. The van der Waals surface area contributed by atoms with Crippen molar-refractivity contribution >= 4 is 37.2 Å². The molecule has 0 N–H and O–H groups in total. The number of benzene rings is 1. The highest BCUT2D eigenvalue weighted by atomic mass is 35.7. The van der Waals surface area contributed by atoms with Crippen molar-refractivity contribution in [3.05, 3.63) is 28.3 Å². The van der Waals surface area contributed by atoms with Crippen LogP contribution >= 0.6 is 22.3 Å². The van der Waals surface area contributed by atoms with Gasteiger partial charge in [0.1, 0.15) is 0 Å². The Morgan fingerprint density at radius 2 is 1.90 bits per heavy atom. The normalized spacial score (nSPS) is 11.8. The number of rotatable bonds is 4. The van der Waals surface area contributed by atoms with E-state index < -0.39 is 9.05 Å². The van der Waals surface area contributed by atoms with Gasteiger partial charge in [-0.05, 0) is 30.5 Å². The van der Waals surface area contributed by atoms with Crippen molar-refractivity contribution in [1.82, 2.24) is 4.90 Å². The third-order valence-corrected chi connectivity index (χ3v) is 4.54. The third-order valence-electron chi connectivity index (χ3n) is 2.82. The van der Waals surface area contributed by atoms with Crippen LogP contribution in [0.4, 0.5) is 0 Å². The van der Waals surface area contributed by atoms with Gasteiger partial charge in [-0.2, -0.15) is 0 Å². The van der Waals surface area contributed by atoms with E-state index in [1.54, 1.807) is 14.0 Å². The second kappa shape index (κ2) is 6.33. The van der Waals surface area contributed by atoms with Gasteiger partial charge in [-0.3, -0.25) is 4.79 Å². The number of halogens is 2. The Kier molecular flexibility index (Phi) is 5.46. The van der Waals surface area contributed by atoms with Crippen molar-refractivity contribution in [3.63, 3.8) is 0 Å². The van der Waals surface area contributed by atoms with Gasteiger partial charge in [0.25, 0.3) is 15.0 Å². The Labute approximate surface area is 129 Å². The fourth-order valence-electron chi connectivity index (χ4n) is 1.85. The molecule has 0 aliphatic rings. The summed E-state index contributed by atoms with van der Waals surface area (Å²) in [6.07, 6.45) is 0. The zero-order chi connectivity index (χ0) is 15.7. The molecule has 7 heteroatoms. The van der Waals surface area contributed by atoms with Crippen molar-refractivity contribution in [1.29, 1.82) is 0 Å². The summed E-state index contributed by atoms with van der Waals surface area (Å²) < 4.78 is 22.8. The summed E-state index contributed by atoms with van der Waals surface area (Å²) in [5.41, 5.74) is 0.788. The highest BCUT2D eigenvalue weighted by Gasteiger charge is 2.21. The van der Waals surface area contributed by atoms with E-state index >= 15 is 0 Å². The van der Waals surface area contributed by atoms with Gasteiger partial charge < -0.3 is 4.90 Å². The molecule has 1 amide bonds. The Morgan fingerprint density at radius 1 is 1.35 bits per heavy atom. The Balaban J connectivity index is 3.31. The highest BCUT2D eigenvalue weighted by molar-refractivity contribution is 8.13. The van der Waals surface area contributed by atoms with E-state index in [0.717, 1.165) is 0 Å². The van der Waals surface area contributed by atoms with Crippen molar-refractivity contribution < 1.29 is 13.2 Å². The van der Waals surface area contributed by atoms with Gasteiger partial charge in [0.2, 0.25) is 0 Å². The summed E-state index contributed by atoms with van der Waals surface area (Å²) in [7, 11) is 3.05. The molecule has 0 aliphatic carbocycles. The maximum Gasteiger partial charge on any atom is 0.261 e. The van der Waals surface area contributed by atoms with Crippen LogP contribution in [0.25, 0.3) is 0 Å². The molecule has 20 heavy (non-hydrogen) atoms. The van der Waals surface area contributed by atoms with Crippen LogP contribution in [0.1, 0.15) is 29.8 Å². The lowest BCUT2D eigenvalue weighted by Gasteiger charge is -2.21. The number of hydrogen-bond donors (Lipinski definition) is 0. The third kappa shape index (κ3) is 4.11. The van der Waals surface area contributed by atoms with Gasteiger partial charge in [-0.25, -0.2) is 8.42 Å². The first-order chi connectivity index (χ1) is 9.04. The van der Waals surface area contributed by atoms with E-state index in [9.17, 15) is 13.2 Å². The van der Waals surface area contributed by atoms with Gasteiger partial charge in [0, 0.05) is 34.9 Å². The molecule has 0 aromatic heterocycles. The van der Waals surface area contributed by atoms with E-state index in [4.69, 9.17) is 22.3 Å². The first kappa shape index (κ1) is 17.3. The average Bonchev–Trinajstić information content (AvgIpc) is 2.29. The number of nitrogens with zero attached hydrogens (tertiary/aromatic N) is 1. The fraction of sp³-hybridized carbons (Fsp3) is 0.462. The van der Waals surface area contributed by atoms with Gasteiger partial charge in [0.05, 0.1) is 4.90 Å². The van der Waals surface area contributed by atoms with Gasteiger partial charge in [0.15, 0.2) is 0 Å². The molecule has 0 heterocycles. The van der Waals surface area contributed by atoms with E-state index in [1.807, 2.05) is 13.8 Å². The molecule has 0 aliphatic heterocycles. The minimum Gasteiger partial charge on any atom is -0.341 e. The molecule has 1 rings (SSSR count). The zero-order valence-corrected chi connectivity index (χ0v) is 14.1. The molecule has 112 valence electrons. The zero-order valence-electron chi connectivity index (χ0n) is 11.8. The highest BCUT2D eigenvalue weighted by Crippen LogP contribution is 2.27. The Bertz CT molecular complexity index is 627. The SMILES string of the molecule is Cc1c(Cl)cc(S(=O)(=O)Cl)cc1C(=O)N(C)CC(C)C. The summed E-state index contributed by atoms with van der Waals surface area (Å²) >= 11 is 5.99. The van der Waals surface area contributed by atoms with Crippen LogP contribution in [0.2, 0.25) is 5.02 Å². The molecule has 1 aromatic carbocycles. The molecule has 0 bridgehead atoms. The number of carbonyl (C=O) groups excluding carboxylic acids is 1. The fourth-order valence-corrected chi connectivity index (χ4v) is 2.92. The van der Waals surface area contributed by atoms with Crippen molar-refractivity contribution in [2.75, 3.05) is 13.6 Å². The smallest absolute Gasteiger partial charge is 0.261 e. The molecule has 0 saturated carbocycles. The summed E-state index contributed by atoms with van der Waals surface area (Å²) in [6.45, 7) is 6.21. The lowest BCUT2D eigenvalue weighted by atomic mass is 10.1. The topological polar surface area (TPSA) is 54.5 Å². The number of carbonyl (C=O) groups is 1. The first-order valence-corrected chi connectivity index (χ1v) is 8.73. The van der Waals surface area contributed by atoms with E-state index in [1.165, 1.54) is 17.0 Å². The lowest BCUT2D eigenvalue weighted by Crippen LogP contribution is -2.31. The molecule has 0 atom stereocenters. The van der Waals surface area contributed by atoms with Crippen molar-refractivity contribution in [2.24, 2.45) is 5.92 Å². The van der Waals surface area contributed by atoms with Crippen molar-refractivity contribution in [3.8, 4) is 0 Å². The maximum absolute atomic E-state index is 12.4. The molecule has 1 aromatic rings. The monoisotopic (exact) mass is 337 g/mol. The van der Waals surface area contributed by atoms with Gasteiger partial charge >= 0.3 is 0 Å². The molecule has 0 spiro atoms. The predicted octanol–water partition coefficient (Wildman–Crippen LogP) is 3.30. The van der Waals surface area contributed by atoms with Crippen molar-refractivity contribution in [2.45, 2.75) is 25.7 Å². The quantitative estimate of drug-likeness (QED) is 0.792. The van der Waals surface area contributed by atoms with Crippen LogP contribution in [0.5, 0.6) is 0 Å². The summed E-state index contributed by atoms with van der Waals surface area (Å²) in [6, 6.07) is 2.52.